The summed E-state index contributed by atoms with van der Waals surface area (Å²) in [7, 11) is 0. The first kappa shape index (κ1) is 19.2. The van der Waals surface area contributed by atoms with Crippen LogP contribution in [0.3, 0.4) is 0 Å². The van der Waals surface area contributed by atoms with Crippen molar-refractivity contribution in [1.29, 1.82) is 0 Å². The zero-order chi connectivity index (χ0) is 19.1. The minimum Gasteiger partial charge on any atom is -0.489 e. The molecule has 27 heavy (non-hydrogen) atoms. The van der Waals surface area contributed by atoms with Gasteiger partial charge in [0.15, 0.2) is 6.61 Å². The molecule has 0 saturated heterocycles. The quantitative estimate of drug-likeness (QED) is 0.725. The summed E-state index contributed by atoms with van der Waals surface area (Å²) in [6.07, 6.45) is 4.27. The molecule has 0 unspecified atom stereocenters. The van der Waals surface area contributed by atoms with Crippen molar-refractivity contribution in [3.05, 3.63) is 64.7 Å². The molecular weight excluding hydrogens is 366 g/mol. The predicted octanol–water partition coefficient (Wildman–Crippen LogP) is 4.13. The van der Waals surface area contributed by atoms with E-state index in [1.165, 1.54) is 0 Å². The first-order valence-corrected chi connectivity index (χ1v) is 9.42. The molecule has 0 aliphatic heterocycles. The Bertz CT molecular complexity index is 768. The molecule has 1 aliphatic carbocycles. The Balaban J connectivity index is 1.43. The normalized spacial score (nSPS) is 14.0. The van der Waals surface area contributed by atoms with Crippen molar-refractivity contribution in [3.8, 4) is 5.75 Å². The van der Waals surface area contributed by atoms with E-state index in [1.807, 2.05) is 0 Å². The Morgan fingerprint density at radius 2 is 1.67 bits per heavy atom. The van der Waals surface area contributed by atoms with Crippen LogP contribution in [0.25, 0.3) is 0 Å². The lowest BCUT2D eigenvalue weighted by molar-refractivity contribution is -0.124. The van der Waals surface area contributed by atoms with Crippen molar-refractivity contribution in [2.75, 3.05) is 6.61 Å². The van der Waals surface area contributed by atoms with E-state index < -0.39 is 5.97 Å². The van der Waals surface area contributed by atoms with E-state index in [4.69, 9.17) is 21.1 Å². The monoisotopic (exact) mass is 387 g/mol. The van der Waals surface area contributed by atoms with E-state index >= 15 is 0 Å². The van der Waals surface area contributed by atoms with Gasteiger partial charge in [-0.2, -0.15) is 0 Å². The molecule has 5 nitrogen and oxygen atoms in total. The highest BCUT2D eigenvalue weighted by Gasteiger charge is 2.18. The van der Waals surface area contributed by atoms with E-state index in [1.54, 1.807) is 48.5 Å². The molecule has 0 radical (unpaired) electrons. The molecule has 1 saturated carbocycles. The Kier molecular flexibility index (Phi) is 6.71. The van der Waals surface area contributed by atoms with Crippen LogP contribution in [-0.4, -0.2) is 24.5 Å². The zero-order valence-electron chi connectivity index (χ0n) is 14.9. The average Bonchev–Trinajstić information content (AvgIpc) is 3.19. The van der Waals surface area contributed by atoms with E-state index in [0.29, 0.717) is 17.2 Å². The van der Waals surface area contributed by atoms with Gasteiger partial charge in [0.1, 0.15) is 12.4 Å². The van der Waals surface area contributed by atoms with Crippen LogP contribution in [-0.2, 0) is 16.1 Å². The van der Waals surface area contributed by atoms with Gasteiger partial charge in [-0.25, -0.2) is 4.79 Å². The third kappa shape index (κ3) is 6.00. The molecule has 6 heteroatoms. The standard InChI is InChI=1S/C21H22ClNO4/c22-17-9-11-19(12-10-17)26-13-15-5-7-16(8-6-15)21(25)27-14-20(24)23-18-3-1-2-4-18/h5-12,18H,1-4,13-14H2,(H,23,24). The third-order valence-corrected chi connectivity index (χ3v) is 4.72. The molecular formula is C21H22ClNO4. The first-order valence-electron chi connectivity index (χ1n) is 9.04. The number of halogens is 1. The number of ether oxygens (including phenoxy) is 2. The van der Waals surface area contributed by atoms with Gasteiger partial charge in [-0.3, -0.25) is 4.79 Å². The summed E-state index contributed by atoms with van der Waals surface area (Å²) in [6.45, 7) is 0.123. The molecule has 2 aromatic rings. The smallest absolute Gasteiger partial charge is 0.338 e. The van der Waals surface area contributed by atoms with Gasteiger partial charge in [0.05, 0.1) is 5.56 Å². The van der Waals surface area contributed by atoms with Gasteiger partial charge in [0.2, 0.25) is 0 Å². The predicted molar refractivity (Wildman–Crippen MR) is 103 cm³/mol. The highest BCUT2D eigenvalue weighted by Crippen LogP contribution is 2.18. The highest BCUT2D eigenvalue weighted by molar-refractivity contribution is 6.30. The largest absolute Gasteiger partial charge is 0.489 e. The van der Waals surface area contributed by atoms with Crippen LogP contribution in [0.1, 0.15) is 41.6 Å². The second-order valence-corrected chi connectivity index (χ2v) is 7.00. The maximum atomic E-state index is 12.1. The van der Waals surface area contributed by atoms with Crippen molar-refractivity contribution in [3.63, 3.8) is 0 Å². The van der Waals surface area contributed by atoms with E-state index in [-0.39, 0.29) is 18.6 Å². The summed E-state index contributed by atoms with van der Waals surface area (Å²) < 4.78 is 10.7. The SMILES string of the molecule is O=C(COC(=O)c1ccc(COc2ccc(Cl)cc2)cc1)NC1CCCC1. The van der Waals surface area contributed by atoms with Crippen molar-refractivity contribution in [1.82, 2.24) is 5.32 Å². The summed E-state index contributed by atoms with van der Waals surface area (Å²) in [5.41, 5.74) is 1.32. The Morgan fingerprint density at radius 3 is 2.33 bits per heavy atom. The summed E-state index contributed by atoms with van der Waals surface area (Å²) in [4.78, 5) is 23.9. The molecule has 1 aliphatic rings. The molecule has 0 bridgehead atoms. The fourth-order valence-corrected chi connectivity index (χ4v) is 3.11. The van der Waals surface area contributed by atoms with Crippen molar-refractivity contribution < 1.29 is 19.1 Å². The molecule has 0 aromatic heterocycles. The molecule has 2 aromatic carbocycles. The van der Waals surface area contributed by atoms with E-state index in [0.717, 1.165) is 37.0 Å². The van der Waals surface area contributed by atoms with E-state index in [2.05, 4.69) is 5.32 Å². The van der Waals surface area contributed by atoms with Crippen molar-refractivity contribution >= 4 is 23.5 Å². The minimum atomic E-state index is -0.512. The summed E-state index contributed by atoms with van der Waals surface area (Å²) >= 11 is 5.84. The summed E-state index contributed by atoms with van der Waals surface area (Å²) in [5, 5.41) is 3.54. The van der Waals surface area contributed by atoms with E-state index in [9.17, 15) is 9.59 Å². The summed E-state index contributed by atoms with van der Waals surface area (Å²) in [6, 6.07) is 14.3. The molecule has 0 atom stereocenters. The molecule has 1 N–H and O–H groups in total. The van der Waals surface area contributed by atoms with Crippen LogP contribution >= 0.6 is 11.6 Å². The van der Waals surface area contributed by atoms with Crippen LogP contribution in [0.15, 0.2) is 48.5 Å². The average molecular weight is 388 g/mol. The minimum absolute atomic E-state index is 0.219. The zero-order valence-corrected chi connectivity index (χ0v) is 15.7. The van der Waals surface area contributed by atoms with Crippen LogP contribution in [0.5, 0.6) is 5.75 Å². The third-order valence-electron chi connectivity index (χ3n) is 4.46. The molecule has 1 fully saturated rings. The van der Waals surface area contributed by atoms with Gasteiger partial charge < -0.3 is 14.8 Å². The van der Waals surface area contributed by atoms with Crippen LogP contribution < -0.4 is 10.1 Å². The molecule has 3 rings (SSSR count). The lowest BCUT2D eigenvalue weighted by atomic mass is 10.1. The van der Waals surface area contributed by atoms with Crippen LogP contribution in [0.4, 0.5) is 0 Å². The number of amides is 1. The lowest BCUT2D eigenvalue weighted by Crippen LogP contribution is -2.35. The van der Waals surface area contributed by atoms with Gasteiger partial charge in [0, 0.05) is 11.1 Å². The number of carbonyl (C=O) groups is 2. The van der Waals surface area contributed by atoms with Crippen molar-refractivity contribution in [2.45, 2.75) is 38.3 Å². The molecule has 0 spiro atoms. The Labute approximate surface area is 163 Å². The number of nitrogens with one attached hydrogen (secondary N) is 1. The first-order chi connectivity index (χ1) is 13.1. The number of benzene rings is 2. The van der Waals surface area contributed by atoms with Crippen molar-refractivity contribution in [2.24, 2.45) is 0 Å². The number of hydrogen-bond donors (Lipinski definition) is 1. The van der Waals surface area contributed by atoms with Gasteiger partial charge in [-0.15, -0.1) is 0 Å². The Hall–Kier alpha value is -2.53. The van der Waals surface area contributed by atoms with Gasteiger partial charge >= 0.3 is 5.97 Å². The topological polar surface area (TPSA) is 64.6 Å². The number of carbonyl (C=O) groups excluding carboxylic acids is 2. The molecule has 1 amide bonds. The van der Waals surface area contributed by atoms with Gasteiger partial charge in [-0.1, -0.05) is 36.6 Å². The van der Waals surface area contributed by atoms with Crippen LogP contribution in [0, 0.1) is 0 Å². The molecule has 0 heterocycles. The maximum Gasteiger partial charge on any atom is 0.338 e. The van der Waals surface area contributed by atoms with Gasteiger partial charge in [-0.05, 0) is 54.8 Å². The lowest BCUT2D eigenvalue weighted by Gasteiger charge is -2.12. The second kappa shape index (κ2) is 9.42. The highest BCUT2D eigenvalue weighted by atomic mass is 35.5. The summed E-state index contributed by atoms with van der Waals surface area (Å²) in [5.74, 6) is -0.0406. The number of hydrogen-bond acceptors (Lipinski definition) is 4. The fraction of sp³-hybridized carbons (Fsp3) is 0.333. The Morgan fingerprint density at radius 1 is 1.00 bits per heavy atom. The van der Waals surface area contributed by atoms with Crippen LogP contribution in [0.2, 0.25) is 5.02 Å². The fourth-order valence-electron chi connectivity index (χ4n) is 2.99. The second-order valence-electron chi connectivity index (χ2n) is 6.56. The number of rotatable bonds is 7. The maximum absolute atomic E-state index is 12.1. The number of esters is 1. The van der Waals surface area contributed by atoms with Gasteiger partial charge in [0.25, 0.3) is 5.91 Å². The molecule has 142 valence electrons.